The van der Waals surface area contributed by atoms with Crippen molar-refractivity contribution in [3.8, 4) is 0 Å². The summed E-state index contributed by atoms with van der Waals surface area (Å²) < 4.78 is 0.912. The number of hydrogen-bond donors (Lipinski definition) is 2. The maximum atomic E-state index is 5.84. The van der Waals surface area contributed by atoms with Crippen molar-refractivity contribution in [2.75, 3.05) is 5.32 Å². The Labute approximate surface area is 120 Å². The number of anilines is 1. The molecule has 98 valence electrons. The zero-order chi connectivity index (χ0) is 13.8. The highest BCUT2D eigenvalue weighted by molar-refractivity contribution is 9.10. The van der Waals surface area contributed by atoms with Gasteiger partial charge in [-0.15, -0.1) is 0 Å². The SMILES string of the molecule is Cc1cc(C)nc(N=C(N)Nc2ccccc2Br)n1. The van der Waals surface area contributed by atoms with Crippen molar-refractivity contribution in [1.82, 2.24) is 9.97 Å². The maximum absolute atomic E-state index is 5.84. The number of nitrogens with one attached hydrogen (secondary N) is 1. The van der Waals surface area contributed by atoms with Gasteiger partial charge in [-0.05, 0) is 48.0 Å². The van der Waals surface area contributed by atoms with Crippen LogP contribution in [0.5, 0.6) is 0 Å². The summed E-state index contributed by atoms with van der Waals surface area (Å²) in [5.74, 6) is 0.603. The number of nitrogens with zero attached hydrogens (tertiary/aromatic N) is 3. The highest BCUT2D eigenvalue weighted by atomic mass is 79.9. The van der Waals surface area contributed by atoms with E-state index in [1.54, 1.807) is 0 Å². The minimum absolute atomic E-state index is 0.247. The zero-order valence-electron chi connectivity index (χ0n) is 10.7. The Kier molecular flexibility index (Phi) is 4.11. The average molecular weight is 320 g/mol. The van der Waals surface area contributed by atoms with Gasteiger partial charge in [0.15, 0.2) is 0 Å². The highest BCUT2D eigenvalue weighted by Crippen LogP contribution is 2.21. The second-order valence-electron chi connectivity index (χ2n) is 4.05. The fraction of sp³-hybridized carbons (Fsp3) is 0.154. The number of aryl methyl sites for hydroxylation is 2. The molecule has 0 fully saturated rings. The van der Waals surface area contributed by atoms with Crippen molar-refractivity contribution in [3.05, 3.63) is 46.2 Å². The molecule has 1 aromatic carbocycles. The normalized spacial score (nSPS) is 11.4. The first-order valence-electron chi connectivity index (χ1n) is 5.72. The number of hydrogen-bond acceptors (Lipinski definition) is 3. The molecule has 0 saturated heterocycles. The molecule has 0 aliphatic rings. The smallest absolute Gasteiger partial charge is 0.253 e. The number of guanidine groups is 1. The van der Waals surface area contributed by atoms with Crippen LogP contribution in [0.3, 0.4) is 0 Å². The molecule has 0 aliphatic carbocycles. The first-order chi connectivity index (χ1) is 9.04. The van der Waals surface area contributed by atoms with Gasteiger partial charge in [-0.1, -0.05) is 12.1 Å². The van der Waals surface area contributed by atoms with Gasteiger partial charge in [0, 0.05) is 15.9 Å². The summed E-state index contributed by atoms with van der Waals surface area (Å²) in [6.07, 6.45) is 0. The molecular weight excluding hydrogens is 306 g/mol. The topological polar surface area (TPSA) is 76.2 Å². The van der Waals surface area contributed by atoms with Crippen molar-refractivity contribution in [1.29, 1.82) is 0 Å². The molecule has 1 aromatic heterocycles. The van der Waals surface area contributed by atoms with Crippen molar-refractivity contribution in [2.24, 2.45) is 10.7 Å². The number of nitrogens with two attached hydrogens (primary N) is 1. The monoisotopic (exact) mass is 319 g/mol. The van der Waals surface area contributed by atoms with E-state index in [0.717, 1.165) is 21.5 Å². The quantitative estimate of drug-likeness (QED) is 0.659. The van der Waals surface area contributed by atoms with Crippen LogP contribution in [0, 0.1) is 13.8 Å². The van der Waals surface area contributed by atoms with Crippen LogP contribution in [0.2, 0.25) is 0 Å². The number of rotatable bonds is 2. The van der Waals surface area contributed by atoms with Crippen molar-refractivity contribution < 1.29 is 0 Å². The summed E-state index contributed by atoms with van der Waals surface area (Å²) in [5.41, 5.74) is 8.41. The van der Waals surface area contributed by atoms with E-state index < -0.39 is 0 Å². The highest BCUT2D eigenvalue weighted by Gasteiger charge is 2.02. The summed E-state index contributed by atoms with van der Waals surface area (Å²) >= 11 is 3.43. The maximum Gasteiger partial charge on any atom is 0.253 e. The van der Waals surface area contributed by atoms with Gasteiger partial charge in [-0.25, -0.2) is 9.97 Å². The van der Waals surface area contributed by atoms with Crippen molar-refractivity contribution in [2.45, 2.75) is 13.8 Å². The lowest BCUT2D eigenvalue weighted by Crippen LogP contribution is -2.22. The Morgan fingerprint density at radius 3 is 2.47 bits per heavy atom. The molecule has 1 heterocycles. The van der Waals surface area contributed by atoms with Gasteiger partial charge >= 0.3 is 0 Å². The number of benzene rings is 1. The molecule has 0 saturated carbocycles. The van der Waals surface area contributed by atoms with E-state index in [0.29, 0.717) is 5.95 Å². The largest absolute Gasteiger partial charge is 0.369 e. The molecule has 0 unspecified atom stereocenters. The fourth-order valence-electron chi connectivity index (χ4n) is 1.59. The predicted molar refractivity (Wildman–Crippen MR) is 80.6 cm³/mol. The van der Waals surface area contributed by atoms with Crippen LogP contribution in [-0.4, -0.2) is 15.9 Å². The van der Waals surface area contributed by atoms with Crippen molar-refractivity contribution in [3.63, 3.8) is 0 Å². The van der Waals surface area contributed by atoms with E-state index in [1.165, 1.54) is 0 Å². The van der Waals surface area contributed by atoms with Crippen molar-refractivity contribution >= 4 is 33.5 Å². The second-order valence-corrected chi connectivity index (χ2v) is 4.91. The van der Waals surface area contributed by atoms with Crippen LogP contribution < -0.4 is 11.1 Å². The molecule has 2 rings (SSSR count). The molecule has 0 radical (unpaired) electrons. The third kappa shape index (κ3) is 3.75. The molecule has 19 heavy (non-hydrogen) atoms. The van der Waals surface area contributed by atoms with Crippen LogP contribution in [0.15, 0.2) is 39.8 Å². The Balaban J connectivity index is 2.22. The third-order valence-corrected chi connectivity index (χ3v) is 3.02. The second kappa shape index (κ2) is 5.79. The standard InChI is InChI=1S/C13H14BrN5/c1-8-7-9(2)17-13(16-8)19-12(15)18-11-6-4-3-5-10(11)14/h3-7H,1-2H3,(H3,15,16,17,18,19). The number of aliphatic imine (C=N–C) groups is 1. The minimum atomic E-state index is 0.247. The summed E-state index contributed by atoms with van der Waals surface area (Å²) in [4.78, 5) is 12.6. The van der Waals surface area contributed by atoms with Gasteiger partial charge in [-0.2, -0.15) is 4.99 Å². The predicted octanol–water partition coefficient (Wildman–Crippen LogP) is 2.91. The lowest BCUT2D eigenvalue weighted by molar-refractivity contribution is 1.04. The van der Waals surface area contributed by atoms with Gasteiger partial charge in [-0.3, -0.25) is 0 Å². The molecule has 2 aromatic rings. The van der Waals surface area contributed by atoms with Gasteiger partial charge < -0.3 is 11.1 Å². The van der Waals surface area contributed by atoms with Gasteiger partial charge in [0.1, 0.15) is 0 Å². The van der Waals surface area contributed by atoms with Gasteiger partial charge in [0.25, 0.3) is 5.95 Å². The summed E-state index contributed by atoms with van der Waals surface area (Å²) in [6, 6.07) is 9.54. The lowest BCUT2D eigenvalue weighted by Gasteiger charge is -2.07. The van der Waals surface area contributed by atoms with E-state index in [4.69, 9.17) is 5.73 Å². The molecule has 3 N–H and O–H groups in total. The summed E-state index contributed by atoms with van der Waals surface area (Å²) in [5, 5.41) is 3.00. The summed E-state index contributed by atoms with van der Waals surface area (Å²) in [6.45, 7) is 3.79. The first-order valence-corrected chi connectivity index (χ1v) is 6.52. The first kappa shape index (κ1) is 13.5. The average Bonchev–Trinajstić information content (AvgIpc) is 2.30. The lowest BCUT2D eigenvalue weighted by atomic mass is 10.3. The van der Waals surface area contributed by atoms with Crippen LogP contribution in [0.25, 0.3) is 0 Å². The number of para-hydroxylation sites is 1. The van der Waals surface area contributed by atoms with E-state index >= 15 is 0 Å². The van der Waals surface area contributed by atoms with Gasteiger partial charge in [0.05, 0.1) is 5.69 Å². The molecule has 0 atom stereocenters. The molecular formula is C13H14BrN5. The molecule has 0 amide bonds. The Bertz CT molecular complexity index is 604. The summed E-state index contributed by atoms with van der Waals surface area (Å²) in [7, 11) is 0. The molecule has 6 heteroatoms. The van der Waals surface area contributed by atoms with E-state index in [2.05, 4.69) is 36.2 Å². The van der Waals surface area contributed by atoms with Crippen LogP contribution in [-0.2, 0) is 0 Å². The Morgan fingerprint density at radius 2 is 1.84 bits per heavy atom. The number of halogens is 1. The third-order valence-electron chi connectivity index (χ3n) is 2.33. The zero-order valence-corrected chi connectivity index (χ0v) is 12.3. The minimum Gasteiger partial charge on any atom is -0.369 e. The molecule has 5 nitrogen and oxygen atoms in total. The Morgan fingerprint density at radius 1 is 1.21 bits per heavy atom. The van der Waals surface area contributed by atoms with E-state index in [1.807, 2.05) is 44.2 Å². The fourth-order valence-corrected chi connectivity index (χ4v) is 1.98. The van der Waals surface area contributed by atoms with Crippen LogP contribution in [0.1, 0.15) is 11.4 Å². The Hall–Kier alpha value is -1.95. The number of aromatic nitrogens is 2. The molecule has 0 spiro atoms. The molecule has 0 bridgehead atoms. The van der Waals surface area contributed by atoms with Gasteiger partial charge in [0.2, 0.25) is 5.96 Å². The van der Waals surface area contributed by atoms with E-state index in [-0.39, 0.29) is 5.96 Å². The van der Waals surface area contributed by atoms with Crippen LogP contribution >= 0.6 is 15.9 Å². The van der Waals surface area contributed by atoms with E-state index in [9.17, 15) is 0 Å². The van der Waals surface area contributed by atoms with Crippen LogP contribution in [0.4, 0.5) is 11.6 Å². The molecule has 0 aliphatic heterocycles.